The van der Waals surface area contributed by atoms with E-state index in [1.807, 2.05) is 0 Å². The number of nitrogens with one attached hydrogen (secondary N) is 2. The van der Waals surface area contributed by atoms with E-state index in [1.54, 1.807) is 39.0 Å². The summed E-state index contributed by atoms with van der Waals surface area (Å²) in [4.78, 5) is 34.1. The highest BCUT2D eigenvalue weighted by molar-refractivity contribution is 5.87. The van der Waals surface area contributed by atoms with Gasteiger partial charge in [-0.2, -0.15) is 0 Å². The van der Waals surface area contributed by atoms with Crippen LogP contribution in [0.5, 0.6) is 11.5 Å². The minimum Gasteiger partial charge on any atom is -0.490 e. The molecule has 1 aromatic rings. The normalized spacial score (nSPS) is 11.3. The average Bonchev–Trinajstić information content (AvgIpc) is 2.54. The van der Waals surface area contributed by atoms with Crippen molar-refractivity contribution in [3.63, 3.8) is 0 Å². The molecule has 0 unspecified atom stereocenters. The standard InChI is InChI=1S/C16H22N2O5/c1-4-17-16(21)11(3)18-15(20)10-23-13-7-6-12(9-19)8-14(13)22-5-2/h6-9,11H,4-5,10H2,1-3H3,(H,17,21)(H,18,20)/t11-/m1/s1. The lowest BCUT2D eigenvalue weighted by molar-refractivity contribution is -0.129. The first kappa shape index (κ1) is 18.5. The van der Waals surface area contributed by atoms with Crippen molar-refractivity contribution in [2.75, 3.05) is 19.8 Å². The largest absolute Gasteiger partial charge is 0.490 e. The van der Waals surface area contributed by atoms with Gasteiger partial charge in [-0.25, -0.2) is 0 Å². The third-order valence-electron chi connectivity index (χ3n) is 2.88. The van der Waals surface area contributed by atoms with Crippen LogP contribution in [0, 0.1) is 0 Å². The maximum atomic E-state index is 11.8. The molecule has 1 aromatic carbocycles. The van der Waals surface area contributed by atoms with Crippen LogP contribution in [0.3, 0.4) is 0 Å². The van der Waals surface area contributed by atoms with E-state index in [-0.39, 0.29) is 12.5 Å². The molecule has 0 heterocycles. The molecule has 7 heteroatoms. The maximum absolute atomic E-state index is 11.8. The average molecular weight is 322 g/mol. The van der Waals surface area contributed by atoms with Crippen molar-refractivity contribution in [1.29, 1.82) is 0 Å². The molecule has 23 heavy (non-hydrogen) atoms. The second-order valence-electron chi connectivity index (χ2n) is 4.73. The molecule has 2 N–H and O–H groups in total. The molecule has 0 saturated heterocycles. The summed E-state index contributed by atoms with van der Waals surface area (Å²) in [5.41, 5.74) is 0.454. The molecule has 126 valence electrons. The summed E-state index contributed by atoms with van der Waals surface area (Å²) >= 11 is 0. The molecule has 2 amide bonds. The molecule has 0 aromatic heterocycles. The molecule has 0 aliphatic rings. The van der Waals surface area contributed by atoms with Gasteiger partial charge in [-0.05, 0) is 39.0 Å². The maximum Gasteiger partial charge on any atom is 0.258 e. The number of hydrogen-bond donors (Lipinski definition) is 2. The zero-order valence-electron chi connectivity index (χ0n) is 13.5. The molecule has 1 rings (SSSR count). The third kappa shape index (κ3) is 5.98. The summed E-state index contributed by atoms with van der Waals surface area (Å²) in [7, 11) is 0. The van der Waals surface area contributed by atoms with Gasteiger partial charge in [0.25, 0.3) is 5.91 Å². The van der Waals surface area contributed by atoms with Crippen LogP contribution < -0.4 is 20.1 Å². The third-order valence-corrected chi connectivity index (χ3v) is 2.88. The number of amides is 2. The second-order valence-corrected chi connectivity index (χ2v) is 4.73. The van der Waals surface area contributed by atoms with Gasteiger partial charge in [-0.1, -0.05) is 0 Å². The van der Waals surface area contributed by atoms with Gasteiger partial charge in [0.2, 0.25) is 5.91 Å². The Kier molecular flexibility index (Phi) is 7.59. The van der Waals surface area contributed by atoms with E-state index >= 15 is 0 Å². The number of carbonyl (C=O) groups is 3. The summed E-state index contributed by atoms with van der Waals surface area (Å²) in [5.74, 6) is 0.0665. The lowest BCUT2D eigenvalue weighted by Gasteiger charge is -2.15. The van der Waals surface area contributed by atoms with Crippen molar-refractivity contribution in [2.24, 2.45) is 0 Å². The highest BCUT2D eigenvalue weighted by Gasteiger charge is 2.15. The Hall–Kier alpha value is -2.57. The molecular formula is C16H22N2O5. The first-order chi connectivity index (χ1) is 11.0. The van der Waals surface area contributed by atoms with E-state index in [0.717, 1.165) is 0 Å². The van der Waals surface area contributed by atoms with Gasteiger partial charge in [0.15, 0.2) is 18.1 Å². The van der Waals surface area contributed by atoms with Crippen LogP contribution in [0.25, 0.3) is 0 Å². The highest BCUT2D eigenvalue weighted by atomic mass is 16.5. The summed E-state index contributed by atoms with van der Waals surface area (Å²) in [6.07, 6.45) is 0.701. The van der Waals surface area contributed by atoms with Crippen LogP contribution in [-0.4, -0.2) is 43.9 Å². The fourth-order valence-corrected chi connectivity index (χ4v) is 1.80. The summed E-state index contributed by atoms with van der Waals surface area (Å²) in [6.45, 7) is 5.83. The second kappa shape index (κ2) is 9.45. The van der Waals surface area contributed by atoms with Crippen molar-refractivity contribution < 1.29 is 23.9 Å². The van der Waals surface area contributed by atoms with Crippen LogP contribution in [0.1, 0.15) is 31.1 Å². The lowest BCUT2D eigenvalue weighted by Crippen LogP contribution is -2.46. The minimum atomic E-state index is -0.644. The van der Waals surface area contributed by atoms with Crippen molar-refractivity contribution >= 4 is 18.1 Å². The summed E-state index contributed by atoms with van der Waals surface area (Å²) < 4.78 is 10.8. The predicted octanol–water partition coefficient (Wildman–Crippen LogP) is 0.917. The zero-order chi connectivity index (χ0) is 17.2. The molecule has 1 atom stereocenters. The fraction of sp³-hybridized carbons (Fsp3) is 0.438. The molecule has 7 nitrogen and oxygen atoms in total. The van der Waals surface area contributed by atoms with E-state index in [9.17, 15) is 14.4 Å². The quantitative estimate of drug-likeness (QED) is 0.659. The first-order valence-electron chi connectivity index (χ1n) is 7.43. The predicted molar refractivity (Wildman–Crippen MR) is 84.8 cm³/mol. The molecule has 0 aliphatic carbocycles. The van der Waals surface area contributed by atoms with Crippen LogP contribution in [0.15, 0.2) is 18.2 Å². The number of hydrogen-bond acceptors (Lipinski definition) is 5. The Morgan fingerprint density at radius 2 is 1.96 bits per heavy atom. The zero-order valence-corrected chi connectivity index (χ0v) is 13.5. The molecule has 0 saturated carbocycles. The molecule has 0 aliphatic heterocycles. The van der Waals surface area contributed by atoms with Crippen LogP contribution >= 0.6 is 0 Å². The molecule has 0 bridgehead atoms. The van der Waals surface area contributed by atoms with Gasteiger partial charge in [0.1, 0.15) is 12.3 Å². The van der Waals surface area contributed by atoms with Gasteiger partial charge in [-0.15, -0.1) is 0 Å². The van der Waals surface area contributed by atoms with Crippen molar-refractivity contribution in [2.45, 2.75) is 26.8 Å². The topological polar surface area (TPSA) is 93.7 Å². The van der Waals surface area contributed by atoms with Gasteiger partial charge >= 0.3 is 0 Å². The van der Waals surface area contributed by atoms with Gasteiger partial charge in [-0.3, -0.25) is 14.4 Å². The smallest absolute Gasteiger partial charge is 0.258 e. The monoisotopic (exact) mass is 322 g/mol. The fourth-order valence-electron chi connectivity index (χ4n) is 1.80. The Morgan fingerprint density at radius 1 is 1.22 bits per heavy atom. The number of benzene rings is 1. The van der Waals surface area contributed by atoms with E-state index < -0.39 is 11.9 Å². The van der Waals surface area contributed by atoms with E-state index in [1.165, 1.54) is 0 Å². The minimum absolute atomic E-state index is 0.258. The Bertz CT molecular complexity index is 559. The number of carbonyl (C=O) groups excluding carboxylic acids is 3. The Morgan fingerprint density at radius 3 is 2.57 bits per heavy atom. The number of ether oxygens (including phenoxy) is 2. The van der Waals surface area contributed by atoms with Gasteiger partial charge in [0.05, 0.1) is 6.61 Å². The first-order valence-corrected chi connectivity index (χ1v) is 7.43. The summed E-state index contributed by atoms with van der Waals surface area (Å²) in [6, 6.07) is 4.03. The van der Waals surface area contributed by atoms with E-state index in [2.05, 4.69) is 10.6 Å². The lowest BCUT2D eigenvalue weighted by atomic mass is 10.2. The Labute approximate surface area is 135 Å². The Balaban J connectivity index is 2.61. The molecule has 0 spiro atoms. The highest BCUT2D eigenvalue weighted by Crippen LogP contribution is 2.27. The van der Waals surface area contributed by atoms with Crippen LogP contribution in [-0.2, 0) is 9.59 Å². The van der Waals surface area contributed by atoms with E-state index in [4.69, 9.17) is 9.47 Å². The summed E-state index contributed by atoms with van der Waals surface area (Å²) in [5, 5.41) is 5.15. The molecular weight excluding hydrogens is 300 g/mol. The van der Waals surface area contributed by atoms with Crippen LogP contribution in [0.4, 0.5) is 0 Å². The van der Waals surface area contributed by atoms with Crippen molar-refractivity contribution in [3.8, 4) is 11.5 Å². The molecule has 0 radical (unpaired) electrons. The van der Waals surface area contributed by atoms with Crippen molar-refractivity contribution in [3.05, 3.63) is 23.8 Å². The van der Waals surface area contributed by atoms with Crippen molar-refractivity contribution in [1.82, 2.24) is 10.6 Å². The van der Waals surface area contributed by atoms with E-state index in [0.29, 0.717) is 36.5 Å². The SMILES string of the molecule is CCNC(=O)[C@@H](C)NC(=O)COc1ccc(C=O)cc1OCC. The number of rotatable bonds is 9. The number of aldehydes is 1. The van der Waals surface area contributed by atoms with Gasteiger partial charge in [0, 0.05) is 12.1 Å². The van der Waals surface area contributed by atoms with Gasteiger partial charge < -0.3 is 20.1 Å². The number of likely N-dealkylation sites (N-methyl/N-ethyl adjacent to an activating group) is 1. The molecule has 0 fully saturated rings. The van der Waals surface area contributed by atoms with Crippen LogP contribution in [0.2, 0.25) is 0 Å².